The Bertz CT molecular complexity index is 2030. The smallest absolute Gasteiger partial charge is 0.312 e. The van der Waals surface area contributed by atoms with Gasteiger partial charge in [0.1, 0.15) is 23.4 Å². The number of phenolic OH excluding ortho intramolecular Hbond substituents is 3. The number of phenols is 3. The molecule has 17 heteroatoms. The van der Waals surface area contributed by atoms with Crippen LogP contribution in [0.5, 0.6) is 23.0 Å². The molecule has 3 heterocycles. The number of nitrogens with one attached hydrogen (secondary N) is 2. The number of rotatable bonds is 4. The first-order valence-electron chi connectivity index (χ1n) is 17.8. The maximum atomic E-state index is 14.3. The lowest BCUT2D eigenvalue weighted by molar-refractivity contribution is -0.160. The van der Waals surface area contributed by atoms with Crippen LogP contribution in [-0.4, -0.2) is 91.8 Å². The molecule has 0 radical (unpaired) electrons. The van der Waals surface area contributed by atoms with Gasteiger partial charge in [-0.3, -0.25) is 19.8 Å². The van der Waals surface area contributed by atoms with Crippen molar-refractivity contribution >= 4 is 57.7 Å². The first-order chi connectivity index (χ1) is 26.2. The van der Waals surface area contributed by atoms with Gasteiger partial charge in [-0.1, -0.05) is 45.9 Å². The molecule has 1 amide bonds. The van der Waals surface area contributed by atoms with Crippen molar-refractivity contribution in [1.29, 1.82) is 0 Å². The number of benzene rings is 2. The van der Waals surface area contributed by atoms with Gasteiger partial charge in [0.25, 0.3) is 11.7 Å². The summed E-state index contributed by atoms with van der Waals surface area (Å²) in [5.74, 6) is -8.89. The van der Waals surface area contributed by atoms with Crippen molar-refractivity contribution in [3.63, 3.8) is 0 Å². The molecule has 3 aliphatic rings. The molecule has 9 unspecified atom stereocenters. The summed E-state index contributed by atoms with van der Waals surface area (Å²) in [5.41, 5.74) is 7.04. The molecule has 0 saturated carbocycles. The van der Waals surface area contributed by atoms with Gasteiger partial charge in [-0.15, -0.1) is 0 Å². The Labute approximate surface area is 329 Å². The highest BCUT2D eigenvalue weighted by atomic mass is 32.1. The largest absolute Gasteiger partial charge is 0.507 e. The normalized spacial score (nSPS) is 30.0. The van der Waals surface area contributed by atoms with Crippen molar-refractivity contribution in [1.82, 2.24) is 5.43 Å². The molecule has 0 spiro atoms. The van der Waals surface area contributed by atoms with Gasteiger partial charge in [0, 0.05) is 61.2 Å². The number of nitrogens with zero attached hydrogens (tertiary/aromatic N) is 1. The van der Waals surface area contributed by atoms with Gasteiger partial charge in [0.2, 0.25) is 0 Å². The Morgan fingerprint density at radius 3 is 2.29 bits per heavy atom. The molecule has 0 aliphatic carbocycles. The fourth-order valence-electron chi connectivity index (χ4n) is 7.03. The zero-order chi connectivity index (χ0) is 42.0. The lowest BCUT2D eigenvalue weighted by atomic mass is 9.78. The predicted octanol–water partition coefficient (Wildman–Crippen LogP) is 3.92. The van der Waals surface area contributed by atoms with Gasteiger partial charge in [-0.2, -0.15) is 5.10 Å². The summed E-state index contributed by atoms with van der Waals surface area (Å²) in [6.07, 6.45) is 4.31. The number of carbonyl (C=O) groups excluding carboxylic acids is 3. The van der Waals surface area contributed by atoms with E-state index in [-0.39, 0.29) is 49.6 Å². The van der Waals surface area contributed by atoms with E-state index in [0.717, 1.165) is 12.5 Å². The van der Waals surface area contributed by atoms with Gasteiger partial charge < -0.3 is 55.5 Å². The van der Waals surface area contributed by atoms with Gasteiger partial charge in [0.05, 0.1) is 53.0 Å². The van der Waals surface area contributed by atoms with Crippen molar-refractivity contribution in [2.75, 3.05) is 12.4 Å². The van der Waals surface area contributed by atoms with Crippen LogP contribution in [0.2, 0.25) is 0 Å². The average molecular weight is 799 g/mol. The molecular weight excluding hydrogens is 749 g/mol. The highest BCUT2D eigenvalue weighted by molar-refractivity contribution is 7.80. The Morgan fingerprint density at radius 2 is 1.68 bits per heavy atom. The third kappa shape index (κ3) is 8.45. The van der Waals surface area contributed by atoms with Crippen LogP contribution in [0.3, 0.4) is 0 Å². The van der Waals surface area contributed by atoms with E-state index in [0.29, 0.717) is 0 Å². The van der Waals surface area contributed by atoms with Crippen LogP contribution in [-0.2, 0) is 23.8 Å². The fraction of sp³-hybridized carbons (Fsp3) is 0.462. The SMILES string of the molecule is COC1/C=C/OC2(C)Oc3c(C)c(O)c4c(O)c(c(/C=N\NC(N)=S)c(O)c4c3C2=O)NC(=O)C(C)=C/C=C/C(C)C(O)C(C)C(O)C(C)C(OC(C)=O)C1C. The monoisotopic (exact) mass is 798 g/mol. The standard InChI is InChI=1S/C39H50N4O12S/c1-16-11-10-12-17(2)37(51)42-28-23(15-41-43-38(40)56)32(48)25-26(33(28)49)31(47)21(6)35-27(25)36(50)39(8,55-35)53-14-13-24(52-9)18(3)34(54-22(7)44)20(5)30(46)19(4)29(16)45/h10-16,18-20,24,29-30,34,45-49H,1-9H3,(H,42,51)(H3,40,43,56)/b11-10+,14-13+,17-12?,41-15-. The molecule has 5 bridgehead atoms. The molecule has 304 valence electrons. The summed E-state index contributed by atoms with van der Waals surface area (Å²) in [6.45, 7) is 12.3. The van der Waals surface area contributed by atoms with E-state index < -0.39 is 88.8 Å². The van der Waals surface area contributed by atoms with Crippen LogP contribution in [0, 0.1) is 30.6 Å². The number of anilines is 1. The van der Waals surface area contributed by atoms with E-state index in [2.05, 4.69) is 15.8 Å². The number of carbonyl (C=O) groups is 3. The van der Waals surface area contributed by atoms with Crippen molar-refractivity contribution in [3.05, 3.63) is 52.8 Å². The summed E-state index contributed by atoms with van der Waals surface area (Å²) in [6, 6.07) is 0. The molecule has 0 saturated heterocycles. The Kier molecular flexibility index (Phi) is 13.4. The maximum absolute atomic E-state index is 14.3. The van der Waals surface area contributed by atoms with Gasteiger partial charge in [0.15, 0.2) is 10.9 Å². The highest BCUT2D eigenvalue weighted by Gasteiger charge is 2.50. The number of fused-ring (bicyclic) bond motifs is 14. The molecule has 9 atom stereocenters. The van der Waals surface area contributed by atoms with Gasteiger partial charge in [-0.25, -0.2) is 0 Å². The van der Waals surface area contributed by atoms with Gasteiger partial charge in [-0.05, 0) is 32.1 Å². The number of aromatic hydroxyl groups is 3. The number of thiocarbonyl (C=S) groups is 1. The predicted molar refractivity (Wildman–Crippen MR) is 211 cm³/mol. The minimum absolute atomic E-state index is 0.0122. The lowest BCUT2D eigenvalue weighted by Gasteiger charge is -2.38. The third-order valence-corrected chi connectivity index (χ3v) is 10.5. The molecule has 2 aromatic carbocycles. The molecular formula is C39H50N4O12S. The average Bonchev–Trinajstić information content (AvgIpc) is 3.41. The van der Waals surface area contributed by atoms with Gasteiger partial charge >= 0.3 is 11.8 Å². The van der Waals surface area contributed by atoms with Crippen LogP contribution in [0.25, 0.3) is 10.8 Å². The number of aliphatic hydroxyl groups excluding tert-OH is 2. The summed E-state index contributed by atoms with van der Waals surface area (Å²) in [5, 5.41) is 63.1. The third-order valence-electron chi connectivity index (χ3n) is 10.4. The quantitative estimate of drug-likeness (QED) is 0.0545. The Balaban J connectivity index is 1.98. The molecule has 0 aromatic heterocycles. The minimum atomic E-state index is -2.08. The molecule has 16 nitrogen and oxygen atoms in total. The number of aliphatic hydroxyl groups is 2. The lowest BCUT2D eigenvalue weighted by Crippen LogP contribution is -2.46. The van der Waals surface area contributed by atoms with Crippen LogP contribution in [0.1, 0.15) is 70.0 Å². The van der Waals surface area contributed by atoms with E-state index in [1.54, 1.807) is 39.8 Å². The van der Waals surface area contributed by atoms with Crippen LogP contribution in [0.4, 0.5) is 5.69 Å². The molecule has 5 rings (SSSR count). The summed E-state index contributed by atoms with van der Waals surface area (Å²) in [7, 11) is 1.42. The fourth-order valence-corrected chi connectivity index (χ4v) is 7.09. The maximum Gasteiger partial charge on any atom is 0.312 e. The molecule has 2 aromatic rings. The van der Waals surface area contributed by atoms with Crippen molar-refractivity contribution in [2.45, 2.75) is 85.6 Å². The number of allylic oxidation sites excluding steroid dienone is 2. The molecule has 56 heavy (non-hydrogen) atoms. The first-order valence-corrected chi connectivity index (χ1v) is 18.3. The number of esters is 1. The number of ketones is 1. The number of hydrazone groups is 1. The van der Waals surface area contributed by atoms with E-state index in [1.807, 2.05) is 0 Å². The zero-order valence-corrected chi connectivity index (χ0v) is 33.4. The Morgan fingerprint density at radius 1 is 1.02 bits per heavy atom. The number of ether oxygens (including phenoxy) is 4. The summed E-state index contributed by atoms with van der Waals surface area (Å²) in [4.78, 5) is 40.1. The van der Waals surface area contributed by atoms with E-state index >= 15 is 0 Å². The van der Waals surface area contributed by atoms with E-state index in [1.165, 1.54) is 47.0 Å². The Hall–Kier alpha value is -5.23. The van der Waals surface area contributed by atoms with E-state index in [9.17, 15) is 39.9 Å². The van der Waals surface area contributed by atoms with Crippen LogP contribution < -0.4 is 21.2 Å². The van der Waals surface area contributed by atoms with E-state index in [4.69, 9.17) is 36.9 Å². The van der Waals surface area contributed by atoms with Crippen molar-refractivity contribution < 1.29 is 58.9 Å². The number of Topliss-reactive ketones (excluding diaryl/α,β-unsaturated/α-hetero) is 1. The summed E-state index contributed by atoms with van der Waals surface area (Å²) >= 11 is 4.81. The second-order valence-corrected chi connectivity index (χ2v) is 14.8. The second kappa shape index (κ2) is 17.3. The summed E-state index contributed by atoms with van der Waals surface area (Å²) < 4.78 is 23.4. The number of hydrogen-bond acceptors (Lipinski definition) is 14. The van der Waals surface area contributed by atoms with Crippen LogP contribution >= 0.6 is 12.2 Å². The minimum Gasteiger partial charge on any atom is -0.507 e. The topological polar surface area (TPSA) is 252 Å². The second-order valence-electron chi connectivity index (χ2n) is 14.4. The molecule has 9 N–H and O–H groups in total. The zero-order valence-electron chi connectivity index (χ0n) is 32.6. The first kappa shape index (κ1) is 43.5. The van der Waals surface area contributed by atoms with Crippen molar-refractivity contribution in [2.24, 2.45) is 34.5 Å². The van der Waals surface area contributed by atoms with Crippen molar-refractivity contribution in [3.8, 4) is 23.0 Å². The number of amides is 1. The highest BCUT2D eigenvalue weighted by Crippen LogP contribution is 2.55. The number of hydrogen-bond donors (Lipinski definition) is 8. The van der Waals surface area contributed by atoms with Crippen LogP contribution in [0.15, 0.2) is 41.2 Å². The number of methoxy groups -OCH3 is 1. The molecule has 3 aliphatic heterocycles. The number of nitrogens with two attached hydrogens (primary N) is 1. The molecule has 0 fully saturated rings.